The Kier molecular flexibility index (Phi) is 4.59. The molecule has 2 aromatic rings. The summed E-state index contributed by atoms with van der Waals surface area (Å²) in [5, 5.41) is 8.77. The summed E-state index contributed by atoms with van der Waals surface area (Å²) in [7, 11) is 1.89. The first-order chi connectivity index (χ1) is 11.8. The zero-order chi connectivity index (χ0) is 16.4. The molecule has 0 aliphatic carbocycles. The van der Waals surface area contributed by atoms with Gasteiger partial charge in [0.25, 0.3) is 0 Å². The van der Waals surface area contributed by atoms with Crippen LogP contribution in [-0.2, 0) is 16.5 Å². The number of hydrogen-bond acceptors (Lipinski definition) is 7. The maximum Gasteiger partial charge on any atom is 0.163 e. The second-order valence-electron chi connectivity index (χ2n) is 6.45. The van der Waals surface area contributed by atoms with Crippen LogP contribution >= 0.6 is 0 Å². The largest absolute Gasteiger partial charge is 0.381 e. The van der Waals surface area contributed by atoms with E-state index in [4.69, 9.17) is 9.47 Å². The van der Waals surface area contributed by atoms with Crippen LogP contribution in [0.4, 0.5) is 5.82 Å². The maximum absolute atomic E-state index is 5.63. The van der Waals surface area contributed by atoms with Crippen molar-refractivity contribution in [3.05, 3.63) is 12.5 Å². The zero-order valence-corrected chi connectivity index (χ0v) is 14.0. The van der Waals surface area contributed by atoms with Crippen LogP contribution in [0.2, 0.25) is 0 Å². The molecule has 8 heteroatoms. The van der Waals surface area contributed by atoms with Crippen molar-refractivity contribution >= 4 is 16.9 Å². The molecular weight excluding hydrogens is 308 g/mol. The molecule has 2 fully saturated rings. The summed E-state index contributed by atoms with van der Waals surface area (Å²) in [6, 6.07) is 0.429. The van der Waals surface area contributed by atoms with Gasteiger partial charge in [-0.25, -0.2) is 9.97 Å². The normalized spacial score (nSPS) is 23.6. The molecule has 2 aliphatic rings. The molecule has 24 heavy (non-hydrogen) atoms. The number of aromatic nitrogens is 4. The minimum atomic E-state index is 0.429. The summed E-state index contributed by atoms with van der Waals surface area (Å²) in [5.41, 5.74) is 0.847. The summed E-state index contributed by atoms with van der Waals surface area (Å²) < 4.78 is 12.9. The maximum atomic E-state index is 5.63. The second-order valence-corrected chi connectivity index (χ2v) is 6.45. The van der Waals surface area contributed by atoms with Gasteiger partial charge in [-0.15, -0.1) is 0 Å². The first kappa shape index (κ1) is 15.7. The molecule has 2 aromatic heterocycles. The Balaban J connectivity index is 1.51. The van der Waals surface area contributed by atoms with Crippen molar-refractivity contribution in [2.75, 3.05) is 51.4 Å². The van der Waals surface area contributed by atoms with Gasteiger partial charge in [-0.2, -0.15) is 5.10 Å². The van der Waals surface area contributed by atoms with Gasteiger partial charge in [-0.05, 0) is 6.42 Å². The van der Waals surface area contributed by atoms with Gasteiger partial charge in [0.2, 0.25) is 0 Å². The lowest BCUT2D eigenvalue weighted by atomic mass is 9.97. The number of morpholine rings is 1. The number of aryl methyl sites for hydroxylation is 1. The number of rotatable bonds is 5. The van der Waals surface area contributed by atoms with Gasteiger partial charge < -0.3 is 14.8 Å². The molecule has 1 N–H and O–H groups in total. The predicted molar refractivity (Wildman–Crippen MR) is 89.9 cm³/mol. The molecule has 4 rings (SSSR count). The van der Waals surface area contributed by atoms with Crippen LogP contribution in [0.25, 0.3) is 11.0 Å². The second kappa shape index (κ2) is 7.00. The molecule has 0 saturated carbocycles. The Labute approximate surface area is 141 Å². The molecule has 0 spiro atoms. The average Bonchev–Trinajstić information content (AvgIpc) is 3.27. The lowest BCUT2D eigenvalue weighted by Gasteiger charge is -2.37. The van der Waals surface area contributed by atoms with Crippen LogP contribution in [-0.4, -0.2) is 76.8 Å². The number of ether oxygens (including phenoxy) is 2. The molecule has 0 radical (unpaired) electrons. The lowest BCUT2D eigenvalue weighted by Crippen LogP contribution is -2.50. The van der Waals surface area contributed by atoms with E-state index in [9.17, 15) is 0 Å². The molecule has 0 unspecified atom stereocenters. The number of nitrogens with zero attached hydrogens (tertiary/aromatic N) is 5. The SMILES string of the molecule is Cn1ncc2c(NC[C@@H]([C@H]3CCOC3)N3CCOCC3)ncnc21. The smallest absolute Gasteiger partial charge is 0.163 e. The minimum Gasteiger partial charge on any atom is -0.381 e. The van der Waals surface area contributed by atoms with E-state index in [1.807, 2.05) is 13.2 Å². The Hall–Kier alpha value is -1.77. The van der Waals surface area contributed by atoms with E-state index in [0.717, 1.165) is 69.3 Å². The van der Waals surface area contributed by atoms with Crippen LogP contribution in [0.1, 0.15) is 6.42 Å². The van der Waals surface area contributed by atoms with E-state index in [1.54, 1.807) is 11.0 Å². The molecule has 0 amide bonds. The third-order valence-corrected chi connectivity index (χ3v) is 5.03. The zero-order valence-electron chi connectivity index (χ0n) is 14.0. The van der Waals surface area contributed by atoms with Crippen LogP contribution in [0.15, 0.2) is 12.5 Å². The Morgan fingerprint density at radius 2 is 2.12 bits per heavy atom. The van der Waals surface area contributed by atoms with Crippen molar-refractivity contribution in [3.63, 3.8) is 0 Å². The molecule has 8 nitrogen and oxygen atoms in total. The standard InChI is InChI=1S/C16H24N6O2/c1-21-16-13(8-20-21)15(18-11-19-16)17-9-14(12-2-5-24-10-12)22-3-6-23-7-4-22/h8,11-12,14H,2-7,9-10H2,1H3,(H,17,18,19)/t12-,14-/m0/s1. The van der Waals surface area contributed by atoms with Crippen molar-refractivity contribution in [1.82, 2.24) is 24.6 Å². The average molecular weight is 332 g/mol. The Morgan fingerprint density at radius 1 is 1.25 bits per heavy atom. The van der Waals surface area contributed by atoms with Crippen LogP contribution in [0, 0.1) is 5.92 Å². The van der Waals surface area contributed by atoms with E-state index >= 15 is 0 Å². The minimum absolute atomic E-state index is 0.429. The van der Waals surface area contributed by atoms with Crippen LogP contribution < -0.4 is 5.32 Å². The van der Waals surface area contributed by atoms with Gasteiger partial charge in [0.05, 0.1) is 31.4 Å². The molecule has 4 heterocycles. The van der Waals surface area contributed by atoms with E-state index < -0.39 is 0 Å². The fourth-order valence-electron chi connectivity index (χ4n) is 3.66. The third kappa shape index (κ3) is 3.09. The fraction of sp³-hybridized carbons (Fsp3) is 0.688. The molecule has 2 aliphatic heterocycles. The number of nitrogens with one attached hydrogen (secondary N) is 1. The molecule has 2 saturated heterocycles. The highest BCUT2D eigenvalue weighted by molar-refractivity contribution is 5.85. The predicted octanol–water partition coefficient (Wildman–Crippen LogP) is 0.513. The van der Waals surface area contributed by atoms with Gasteiger partial charge in [-0.3, -0.25) is 9.58 Å². The first-order valence-electron chi connectivity index (χ1n) is 8.59. The molecule has 130 valence electrons. The molecule has 0 aromatic carbocycles. The summed E-state index contributed by atoms with van der Waals surface area (Å²) in [5.74, 6) is 1.41. The highest BCUT2D eigenvalue weighted by Gasteiger charge is 2.31. The fourth-order valence-corrected chi connectivity index (χ4v) is 3.66. The molecular formula is C16H24N6O2. The van der Waals surface area contributed by atoms with Gasteiger partial charge in [0.15, 0.2) is 5.65 Å². The number of anilines is 1. The van der Waals surface area contributed by atoms with Crippen molar-refractivity contribution in [1.29, 1.82) is 0 Å². The highest BCUT2D eigenvalue weighted by Crippen LogP contribution is 2.24. The molecule has 2 atom stereocenters. The quantitative estimate of drug-likeness (QED) is 0.855. The summed E-state index contributed by atoms with van der Waals surface area (Å²) in [6.45, 7) is 6.13. The van der Waals surface area contributed by atoms with Gasteiger partial charge in [-0.1, -0.05) is 0 Å². The first-order valence-corrected chi connectivity index (χ1v) is 8.59. The van der Waals surface area contributed by atoms with Gasteiger partial charge in [0.1, 0.15) is 12.1 Å². The summed E-state index contributed by atoms with van der Waals surface area (Å²) in [4.78, 5) is 11.2. The van der Waals surface area contributed by atoms with Crippen LogP contribution in [0.5, 0.6) is 0 Å². The Morgan fingerprint density at radius 3 is 2.92 bits per heavy atom. The highest BCUT2D eigenvalue weighted by atomic mass is 16.5. The topological polar surface area (TPSA) is 77.3 Å². The Bertz CT molecular complexity index is 678. The van der Waals surface area contributed by atoms with Gasteiger partial charge >= 0.3 is 0 Å². The van der Waals surface area contributed by atoms with Crippen LogP contribution in [0.3, 0.4) is 0 Å². The van der Waals surface area contributed by atoms with Crippen molar-refractivity contribution in [3.8, 4) is 0 Å². The van der Waals surface area contributed by atoms with E-state index in [-0.39, 0.29) is 0 Å². The van der Waals surface area contributed by atoms with E-state index in [2.05, 4.69) is 25.3 Å². The third-order valence-electron chi connectivity index (χ3n) is 5.03. The van der Waals surface area contributed by atoms with Gasteiger partial charge in [0, 0.05) is 45.2 Å². The van der Waals surface area contributed by atoms with E-state index in [1.165, 1.54) is 0 Å². The van der Waals surface area contributed by atoms with Crippen molar-refractivity contribution in [2.24, 2.45) is 13.0 Å². The lowest BCUT2D eigenvalue weighted by molar-refractivity contribution is 0.00460. The summed E-state index contributed by atoms with van der Waals surface area (Å²) >= 11 is 0. The van der Waals surface area contributed by atoms with Crippen molar-refractivity contribution in [2.45, 2.75) is 12.5 Å². The summed E-state index contributed by atoms with van der Waals surface area (Å²) in [6.07, 6.45) is 4.53. The number of fused-ring (bicyclic) bond motifs is 1. The molecule has 0 bridgehead atoms. The number of hydrogen-bond donors (Lipinski definition) is 1. The monoisotopic (exact) mass is 332 g/mol. The van der Waals surface area contributed by atoms with E-state index in [0.29, 0.717) is 12.0 Å². The van der Waals surface area contributed by atoms with Crippen molar-refractivity contribution < 1.29 is 9.47 Å².